The Hall–Kier alpha value is -3.82. The molecule has 3 aromatic carbocycles. The van der Waals surface area contributed by atoms with E-state index in [4.69, 9.17) is 9.47 Å². The minimum absolute atomic E-state index is 0.0175. The lowest BCUT2D eigenvalue weighted by atomic mass is 9.99. The van der Waals surface area contributed by atoms with Crippen LogP contribution in [-0.2, 0) is 9.59 Å². The SMILES string of the molecule is CC(=O)N(CCN(C)C)c1ccc(NC(=C2C(=O)Nc3cc(Br)ccc32)c2ccc3c(c2)OCO3)cc1. The maximum absolute atomic E-state index is 13.2. The van der Waals surface area contributed by atoms with Gasteiger partial charge in [-0.25, -0.2) is 0 Å². The van der Waals surface area contributed by atoms with E-state index in [1.54, 1.807) is 11.8 Å². The van der Waals surface area contributed by atoms with Crippen molar-refractivity contribution in [2.45, 2.75) is 6.92 Å². The van der Waals surface area contributed by atoms with Crippen LogP contribution in [0.3, 0.4) is 0 Å². The zero-order chi connectivity index (χ0) is 26.1. The number of rotatable bonds is 7. The predicted molar refractivity (Wildman–Crippen MR) is 149 cm³/mol. The maximum Gasteiger partial charge on any atom is 0.258 e. The van der Waals surface area contributed by atoms with E-state index in [9.17, 15) is 9.59 Å². The second-order valence-corrected chi connectivity index (χ2v) is 10.0. The first-order valence-electron chi connectivity index (χ1n) is 11.9. The number of halogens is 1. The van der Waals surface area contributed by atoms with E-state index < -0.39 is 0 Å². The number of fused-ring (bicyclic) bond motifs is 2. The molecule has 3 aromatic rings. The van der Waals surface area contributed by atoms with E-state index >= 15 is 0 Å². The molecule has 2 aliphatic heterocycles. The highest BCUT2D eigenvalue weighted by Crippen LogP contribution is 2.41. The number of nitrogens with one attached hydrogen (secondary N) is 2. The summed E-state index contributed by atoms with van der Waals surface area (Å²) in [7, 11) is 3.96. The van der Waals surface area contributed by atoms with Crippen LogP contribution in [0.4, 0.5) is 17.1 Å². The van der Waals surface area contributed by atoms with E-state index in [0.717, 1.165) is 39.2 Å². The molecule has 0 aromatic heterocycles. The third-order valence-corrected chi connectivity index (χ3v) is 6.73. The van der Waals surface area contributed by atoms with Crippen LogP contribution in [0.15, 0.2) is 65.1 Å². The predicted octanol–water partition coefficient (Wildman–Crippen LogP) is 5.02. The molecule has 190 valence electrons. The van der Waals surface area contributed by atoms with Crippen LogP contribution >= 0.6 is 15.9 Å². The lowest BCUT2D eigenvalue weighted by Crippen LogP contribution is -2.35. The Bertz CT molecular complexity index is 1400. The monoisotopic (exact) mass is 562 g/mol. The lowest BCUT2D eigenvalue weighted by Gasteiger charge is -2.23. The smallest absolute Gasteiger partial charge is 0.258 e. The normalized spacial score (nSPS) is 14.9. The molecule has 0 saturated carbocycles. The number of ether oxygens (including phenoxy) is 2. The molecule has 0 radical (unpaired) electrons. The second kappa shape index (κ2) is 10.3. The van der Waals surface area contributed by atoms with E-state index in [0.29, 0.717) is 29.3 Å². The number of carbonyl (C=O) groups excluding carboxylic acids is 2. The molecule has 2 N–H and O–H groups in total. The number of nitrogens with zero attached hydrogens (tertiary/aromatic N) is 2. The maximum atomic E-state index is 13.2. The summed E-state index contributed by atoms with van der Waals surface area (Å²) >= 11 is 3.48. The Balaban J connectivity index is 1.53. The summed E-state index contributed by atoms with van der Waals surface area (Å²) < 4.78 is 12.0. The average molecular weight is 563 g/mol. The Morgan fingerprint density at radius 2 is 1.76 bits per heavy atom. The van der Waals surface area contributed by atoms with Crippen molar-refractivity contribution in [3.05, 3.63) is 76.3 Å². The Kier molecular flexibility index (Phi) is 6.90. The van der Waals surface area contributed by atoms with Crippen LogP contribution in [0.1, 0.15) is 18.1 Å². The van der Waals surface area contributed by atoms with Gasteiger partial charge in [0.25, 0.3) is 5.91 Å². The van der Waals surface area contributed by atoms with Gasteiger partial charge in [0.15, 0.2) is 11.5 Å². The second-order valence-electron chi connectivity index (χ2n) is 9.11. The summed E-state index contributed by atoms with van der Waals surface area (Å²) in [5.74, 6) is 1.08. The summed E-state index contributed by atoms with van der Waals surface area (Å²) in [5.41, 5.74) is 5.08. The van der Waals surface area contributed by atoms with Gasteiger partial charge in [0, 0.05) is 47.0 Å². The molecule has 2 amide bonds. The van der Waals surface area contributed by atoms with E-state index in [2.05, 4.69) is 26.6 Å². The number of hydrogen-bond acceptors (Lipinski definition) is 6. The fourth-order valence-electron chi connectivity index (χ4n) is 4.36. The number of benzene rings is 3. The lowest BCUT2D eigenvalue weighted by molar-refractivity contribution is -0.116. The fraction of sp³-hybridized carbons (Fsp3) is 0.214. The molecule has 9 heteroatoms. The largest absolute Gasteiger partial charge is 0.454 e. The van der Waals surface area contributed by atoms with Crippen molar-refractivity contribution in [2.24, 2.45) is 0 Å². The third kappa shape index (κ3) is 5.19. The van der Waals surface area contributed by atoms with Crippen LogP contribution in [0.5, 0.6) is 11.5 Å². The summed E-state index contributed by atoms with van der Waals surface area (Å²) in [6.07, 6.45) is 0. The molecule has 8 nitrogen and oxygen atoms in total. The summed E-state index contributed by atoms with van der Waals surface area (Å²) in [6.45, 7) is 3.08. The Morgan fingerprint density at radius 1 is 1.00 bits per heavy atom. The Morgan fingerprint density at radius 3 is 2.49 bits per heavy atom. The van der Waals surface area contributed by atoms with Gasteiger partial charge in [-0.3, -0.25) is 9.59 Å². The highest BCUT2D eigenvalue weighted by Gasteiger charge is 2.29. The van der Waals surface area contributed by atoms with Crippen molar-refractivity contribution in [1.29, 1.82) is 0 Å². The summed E-state index contributed by atoms with van der Waals surface area (Å²) in [5, 5.41) is 6.42. The van der Waals surface area contributed by atoms with Gasteiger partial charge in [0.1, 0.15) is 0 Å². The first kappa shape index (κ1) is 24.9. The van der Waals surface area contributed by atoms with Crippen LogP contribution in [0.25, 0.3) is 11.3 Å². The number of hydrogen-bond donors (Lipinski definition) is 2. The van der Waals surface area contributed by atoms with Crippen LogP contribution in [0.2, 0.25) is 0 Å². The molecule has 0 aliphatic carbocycles. The molecule has 5 rings (SSSR count). The van der Waals surface area contributed by atoms with Crippen molar-refractivity contribution in [2.75, 3.05) is 49.5 Å². The van der Waals surface area contributed by atoms with Gasteiger partial charge in [-0.15, -0.1) is 0 Å². The van der Waals surface area contributed by atoms with E-state index in [1.165, 1.54) is 0 Å². The van der Waals surface area contributed by atoms with E-state index in [1.807, 2.05) is 79.7 Å². The summed E-state index contributed by atoms with van der Waals surface area (Å²) in [4.78, 5) is 29.3. The van der Waals surface area contributed by atoms with Crippen LogP contribution < -0.4 is 25.0 Å². The quantitative estimate of drug-likeness (QED) is 0.393. The molecule has 0 bridgehead atoms. The van der Waals surface area contributed by atoms with Crippen molar-refractivity contribution < 1.29 is 19.1 Å². The van der Waals surface area contributed by atoms with Gasteiger partial charge >= 0.3 is 0 Å². The van der Waals surface area contributed by atoms with Crippen molar-refractivity contribution >= 4 is 56.1 Å². The minimum atomic E-state index is -0.198. The Labute approximate surface area is 224 Å². The van der Waals surface area contributed by atoms with Gasteiger partial charge in [-0.1, -0.05) is 22.0 Å². The molecule has 0 spiro atoms. The summed E-state index contributed by atoms with van der Waals surface area (Å²) in [6, 6.07) is 18.9. The van der Waals surface area contributed by atoms with Gasteiger partial charge in [0.05, 0.1) is 17.0 Å². The zero-order valence-corrected chi connectivity index (χ0v) is 22.4. The van der Waals surface area contributed by atoms with Crippen molar-refractivity contribution in [3.63, 3.8) is 0 Å². The van der Waals surface area contributed by atoms with Gasteiger partial charge < -0.3 is 29.9 Å². The number of amides is 2. The highest BCUT2D eigenvalue weighted by molar-refractivity contribution is 9.10. The molecule has 2 heterocycles. The molecule has 2 aliphatic rings. The molecular formula is C28H27BrN4O4. The molecular weight excluding hydrogens is 536 g/mol. The minimum Gasteiger partial charge on any atom is -0.454 e. The molecule has 37 heavy (non-hydrogen) atoms. The molecule has 0 unspecified atom stereocenters. The van der Waals surface area contributed by atoms with Gasteiger partial charge in [0.2, 0.25) is 12.7 Å². The molecule has 0 fully saturated rings. The first-order valence-corrected chi connectivity index (χ1v) is 12.6. The highest BCUT2D eigenvalue weighted by atomic mass is 79.9. The van der Waals surface area contributed by atoms with Gasteiger partial charge in [-0.05, 0) is 68.7 Å². The standard InChI is InChI=1S/C28H27BrN4O4/c1-17(34)33(13-12-32(2)3)21-8-6-20(7-9-21)30-27(18-4-11-24-25(14-18)37-16-36-24)26-22-10-5-19(29)15-23(22)31-28(26)35/h4-11,14-15,30H,12-13,16H2,1-3H3,(H,31,35). The topological polar surface area (TPSA) is 83.1 Å². The first-order chi connectivity index (χ1) is 17.8. The van der Waals surface area contributed by atoms with Crippen LogP contribution in [0, 0.1) is 0 Å². The number of anilines is 3. The van der Waals surface area contributed by atoms with Crippen LogP contribution in [-0.4, -0.2) is 50.7 Å². The van der Waals surface area contributed by atoms with Crippen molar-refractivity contribution in [1.82, 2.24) is 4.90 Å². The van der Waals surface area contributed by atoms with E-state index in [-0.39, 0.29) is 18.6 Å². The van der Waals surface area contributed by atoms with Crippen molar-refractivity contribution in [3.8, 4) is 11.5 Å². The fourth-order valence-corrected chi connectivity index (χ4v) is 4.72. The molecule has 0 atom stereocenters. The third-order valence-electron chi connectivity index (χ3n) is 6.24. The number of carbonyl (C=O) groups is 2. The van der Waals surface area contributed by atoms with Gasteiger partial charge in [-0.2, -0.15) is 0 Å². The molecule has 0 saturated heterocycles. The average Bonchev–Trinajstić information content (AvgIpc) is 3.45. The zero-order valence-electron chi connectivity index (χ0n) is 20.8. The number of likely N-dealkylation sites (N-methyl/N-ethyl adjacent to an activating group) is 1.